The van der Waals surface area contributed by atoms with Crippen LogP contribution in [0.15, 0.2) is 134 Å². The van der Waals surface area contributed by atoms with E-state index in [-0.39, 0.29) is 25.2 Å². The smallest absolute Gasteiger partial charge is 0.306 e. The summed E-state index contributed by atoms with van der Waals surface area (Å²) < 4.78 is 10.7. The molecule has 1 N–H and O–H groups in total. The van der Waals surface area contributed by atoms with Gasteiger partial charge in [-0.05, 0) is 96.3 Å². The minimum atomic E-state index is -0.791. The molecule has 0 amide bonds. The lowest BCUT2D eigenvalue weighted by atomic mass is 10.0. The van der Waals surface area contributed by atoms with Crippen molar-refractivity contribution in [1.29, 1.82) is 0 Å². The van der Waals surface area contributed by atoms with Crippen molar-refractivity contribution in [2.75, 3.05) is 13.2 Å². The van der Waals surface area contributed by atoms with Gasteiger partial charge in [-0.25, -0.2) is 0 Å². The lowest BCUT2D eigenvalue weighted by Gasteiger charge is -2.15. The van der Waals surface area contributed by atoms with Crippen LogP contribution in [-0.2, 0) is 19.1 Å². The monoisotopic (exact) mass is 1130 g/mol. The van der Waals surface area contributed by atoms with Crippen molar-refractivity contribution < 1.29 is 24.2 Å². The van der Waals surface area contributed by atoms with Gasteiger partial charge in [0, 0.05) is 12.8 Å². The summed E-state index contributed by atoms with van der Waals surface area (Å²) in [5.74, 6) is -0.608. The maximum Gasteiger partial charge on any atom is 0.306 e. The molecule has 0 rings (SSSR count). The molecule has 0 heterocycles. The molecule has 0 spiro atoms. The quantitative estimate of drug-likeness (QED) is 0.0373. The lowest BCUT2D eigenvalue weighted by Crippen LogP contribution is -2.28. The summed E-state index contributed by atoms with van der Waals surface area (Å²) >= 11 is 0. The molecule has 0 aliphatic carbocycles. The number of esters is 2. The highest BCUT2D eigenvalue weighted by atomic mass is 16.6. The van der Waals surface area contributed by atoms with Crippen LogP contribution in [0.25, 0.3) is 0 Å². The van der Waals surface area contributed by atoms with Crippen molar-refractivity contribution in [1.82, 2.24) is 0 Å². The maximum absolute atomic E-state index is 12.4. The van der Waals surface area contributed by atoms with Crippen molar-refractivity contribution in [3.8, 4) is 0 Å². The minimum absolute atomic E-state index is 0.0778. The molecule has 0 aromatic carbocycles. The Labute approximate surface area is 508 Å². The van der Waals surface area contributed by atoms with E-state index in [9.17, 15) is 14.7 Å². The summed E-state index contributed by atoms with van der Waals surface area (Å²) in [6, 6.07) is 0. The van der Waals surface area contributed by atoms with Gasteiger partial charge in [0.2, 0.25) is 0 Å². The van der Waals surface area contributed by atoms with Crippen molar-refractivity contribution in [2.24, 2.45) is 0 Å². The summed E-state index contributed by atoms with van der Waals surface area (Å²) in [6.45, 7) is 4.04. The molecule has 1 unspecified atom stereocenters. The molecule has 0 aromatic rings. The Morgan fingerprint density at radius 3 is 0.793 bits per heavy atom. The van der Waals surface area contributed by atoms with E-state index in [1.165, 1.54) is 167 Å². The van der Waals surface area contributed by atoms with Crippen molar-refractivity contribution in [3.63, 3.8) is 0 Å². The number of carbonyl (C=O) groups is 2. The second kappa shape index (κ2) is 71.3. The summed E-state index contributed by atoms with van der Waals surface area (Å²) in [7, 11) is 0. The van der Waals surface area contributed by atoms with Crippen LogP contribution < -0.4 is 0 Å². The number of hydrogen-bond acceptors (Lipinski definition) is 5. The Balaban J connectivity index is 3.57. The molecule has 0 saturated carbocycles. The predicted molar refractivity (Wildman–Crippen MR) is 361 cm³/mol. The van der Waals surface area contributed by atoms with E-state index in [0.29, 0.717) is 12.8 Å². The molecule has 0 radical (unpaired) electrons. The standard InChI is InChI=1S/C77H130O5/c1-3-5-7-9-11-13-15-17-19-21-23-25-27-29-31-33-34-35-36-37-38-39-40-41-42-44-46-48-50-52-54-56-58-60-62-64-66-68-70-72-77(80)82-75(73-78)74-81-76(79)71-69-67-65-63-61-59-57-55-53-51-49-47-45-43-32-30-28-26-24-22-20-18-16-14-12-10-8-6-4-2/h5,7,11,13,17,19,23,25,29,31,34-35,37-38,40-41,44,46,50,52,56,58,75,78H,3-4,6,8-10,12,14-16,18,20-22,24,26-28,30,32-33,36,39,42-43,45,47-49,51,53-55,57,59-74H2,1-2H3/b7-5-,13-11-,19-17-,25-23-,31-29-,35-34-,38-37-,41-40-,46-44-,52-50-,58-56-. The van der Waals surface area contributed by atoms with E-state index in [4.69, 9.17) is 9.47 Å². The van der Waals surface area contributed by atoms with Gasteiger partial charge >= 0.3 is 11.9 Å². The lowest BCUT2D eigenvalue weighted by molar-refractivity contribution is -0.161. The third-order valence-electron chi connectivity index (χ3n) is 15.0. The molecule has 0 bridgehead atoms. The molecular weight excluding hydrogens is 1000 g/mol. The van der Waals surface area contributed by atoms with Crippen LogP contribution in [0, 0.1) is 0 Å². The number of aliphatic hydroxyl groups is 1. The average Bonchev–Trinajstić information content (AvgIpc) is 3.49. The Hall–Kier alpha value is -3.96. The van der Waals surface area contributed by atoms with Crippen LogP contribution in [0.3, 0.4) is 0 Å². The van der Waals surface area contributed by atoms with E-state index in [1.807, 2.05) is 0 Å². The largest absolute Gasteiger partial charge is 0.462 e. The fourth-order valence-electron chi connectivity index (χ4n) is 9.80. The van der Waals surface area contributed by atoms with Crippen LogP contribution in [-0.4, -0.2) is 36.4 Å². The molecule has 82 heavy (non-hydrogen) atoms. The molecule has 1 atom stereocenters. The van der Waals surface area contributed by atoms with E-state index >= 15 is 0 Å². The highest BCUT2D eigenvalue weighted by Crippen LogP contribution is 2.18. The van der Waals surface area contributed by atoms with Crippen LogP contribution in [0.2, 0.25) is 0 Å². The second-order valence-corrected chi connectivity index (χ2v) is 22.9. The number of aliphatic hydroxyl groups excluding tert-OH is 1. The fraction of sp³-hybridized carbons (Fsp3) is 0.688. The second-order valence-electron chi connectivity index (χ2n) is 22.9. The predicted octanol–water partition coefficient (Wildman–Crippen LogP) is 24.3. The Morgan fingerprint density at radius 1 is 0.293 bits per heavy atom. The SMILES string of the molecule is CC/C=C\C/C=C\C/C=C\C/C=C\C/C=C\C/C=C\C/C=C\C/C=C\C/C=C\C/C=C\C/C=C\CCCCCCCC(=O)OC(CO)COC(=O)CCCCCCCCCCCCCCCCCCCCCCCCCCCCCCC. The summed E-state index contributed by atoms with van der Waals surface area (Å²) in [6.07, 6.45) is 106. The Bertz CT molecular complexity index is 1670. The highest BCUT2D eigenvalue weighted by molar-refractivity contribution is 5.70. The topological polar surface area (TPSA) is 72.8 Å². The first-order chi connectivity index (χ1) is 40.6. The number of unbranched alkanes of at least 4 members (excludes halogenated alkanes) is 33. The zero-order valence-electron chi connectivity index (χ0n) is 53.7. The molecule has 0 fully saturated rings. The van der Waals surface area contributed by atoms with Crippen molar-refractivity contribution >= 4 is 11.9 Å². The zero-order chi connectivity index (χ0) is 59.1. The van der Waals surface area contributed by atoms with Gasteiger partial charge < -0.3 is 14.6 Å². The summed E-state index contributed by atoms with van der Waals surface area (Å²) in [5.41, 5.74) is 0. The minimum Gasteiger partial charge on any atom is -0.462 e. The van der Waals surface area contributed by atoms with Crippen LogP contribution in [0.5, 0.6) is 0 Å². The molecule has 0 saturated heterocycles. The number of allylic oxidation sites excluding steroid dienone is 22. The molecular formula is C77H130O5. The van der Waals surface area contributed by atoms with Crippen LogP contribution in [0.4, 0.5) is 0 Å². The molecule has 0 aromatic heterocycles. The van der Waals surface area contributed by atoms with E-state index in [0.717, 1.165) is 128 Å². The first-order valence-corrected chi connectivity index (χ1v) is 34.7. The van der Waals surface area contributed by atoms with Gasteiger partial charge in [0.15, 0.2) is 6.10 Å². The number of ether oxygens (including phenoxy) is 2. The van der Waals surface area contributed by atoms with Crippen LogP contribution >= 0.6 is 0 Å². The average molecular weight is 1140 g/mol. The fourth-order valence-corrected chi connectivity index (χ4v) is 9.80. The number of hydrogen-bond donors (Lipinski definition) is 1. The molecule has 468 valence electrons. The molecule has 5 nitrogen and oxygen atoms in total. The van der Waals surface area contributed by atoms with E-state index in [2.05, 4.69) is 148 Å². The van der Waals surface area contributed by atoms with Gasteiger partial charge in [-0.15, -0.1) is 0 Å². The van der Waals surface area contributed by atoms with Gasteiger partial charge in [0.1, 0.15) is 6.61 Å². The third kappa shape index (κ3) is 68.5. The molecule has 5 heteroatoms. The van der Waals surface area contributed by atoms with Crippen LogP contribution in [0.1, 0.15) is 322 Å². The normalized spacial score (nSPS) is 13.1. The van der Waals surface area contributed by atoms with Crippen molar-refractivity contribution in [3.05, 3.63) is 134 Å². The molecule has 0 aliphatic heterocycles. The van der Waals surface area contributed by atoms with Gasteiger partial charge in [-0.1, -0.05) is 347 Å². The first-order valence-electron chi connectivity index (χ1n) is 34.7. The Morgan fingerprint density at radius 2 is 0.524 bits per heavy atom. The van der Waals surface area contributed by atoms with Gasteiger partial charge in [-0.3, -0.25) is 9.59 Å². The molecule has 0 aliphatic rings. The summed E-state index contributed by atoms with van der Waals surface area (Å²) in [5, 5.41) is 9.70. The number of rotatable bonds is 63. The zero-order valence-corrected chi connectivity index (χ0v) is 53.7. The van der Waals surface area contributed by atoms with Gasteiger partial charge in [0.05, 0.1) is 6.61 Å². The van der Waals surface area contributed by atoms with E-state index < -0.39 is 6.10 Å². The Kier molecular flexibility index (Phi) is 67.9. The maximum atomic E-state index is 12.4. The van der Waals surface area contributed by atoms with Crippen molar-refractivity contribution in [2.45, 2.75) is 328 Å². The number of carbonyl (C=O) groups excluding carboxylic acids is 2. The van der Waals surface area contributed by atoms with Gasteiger partial charge in [-0.2, -0.15) is 0 Å². The van der Waals surface area contributed by atoms with E-state index in [1.54, 1.807) is 0 Å². The van der Waals surface area contributed by atoms with Gasteiger partial charge in [0.25, 0.3) is 0 Å². The summed E-state index contributed by atoms with van der Waals surface area (Å²) in [4.78, 5) is 24.6. The third-order valence-corrected chi connectivity index (χ3v) is 15.0. The highest BCUT2D eigenvalue weighted by Gasteiger charge is 2.16. The first kappa shape index (κ1) is 78.0.